The lowest BCUT2D eigenvalue weighted by Gasteiger charge is -2.06. The third-order valence-corrected chi connectivity index (χ3v) is 4.02. The number of aliphatic carboxylic acids is 1. The molecule has 1 aromatic heterocycles. The van der Waals surface area contributed by atoms with Crippen LogP contribution < -0.4 is 10.1 Å². The Hall–Kier alpha value is -1.93. The van der Waals surface area contributed by atoms with Crippen LogP contribution in [0.5, 0.6) is 5.75 Å². The van der Waals surface area contributed by atoms with E-state index in [4.69, 9.17) is 9.84 Å². The first-order chi connectivity index (χ1) is 9.99. The molecule has 8 heteroatoms. The molecule has 1 amide bonds. The lowest BCUT2D eigenvalue weighted by Crippen LogP contribution is -2.12. The number of carbonyl (C=O) groups excluding carboxylic acids is 1. The van der Waals surface area contributed by atoms with Crippen LogP contribution in [0.2, 0.25) is 0 Å². The second-order valence-corrected chi connectivity index (χ2v) is 5.73. The normalized spacial score (nSPS) is 10.2. The molecule has 0 aliphatic heterocycles. The SMILES string of the molecule is COc1ccc(Br)c(C(=O)Nc2nc(CC(=O)O)cs2)c1. The van der Waals surface area contributed by atoms with E-state index in [1.165, 1.54) is 18.4 Å². The molecule has 0 aliphatic carbocycles. The fraction of sp³-hybridized carbons (Fsp3) is 0.154. The van der Waals surface area contributed by atoms with Gasteiger partial charge >= 0.3 is 5.97 Å². The summed E-state index contributed by atoms with van der Waals surface area (Å²) in [7, 11) is 1.52. The van der Waals surface area contributed by atoms with Crippen molar-refractivity contribution in [3.63, 3.8) is 0 Å². The Morgan fingerprint density at radius 3 is 2.90 bits per heavy atom. The molecule has 2 N–H and O–H groups in total. The van der Waals surface area contributed by atoms with Gasteiger partial charge in [-0.15, -0.1) is 11.3 Å². The van der Waals surface area contributed by atoms with E-state index in [9.17, 15) is 9.59 Å². The van der Waals surface area contributed by atoms with Crippen LogP contribution in [0, 0.1) is 0 Å². The fourth-order valence-electron chi connectivity index (χ4n) is 1.57. The Morgan fingerprint density at radius 2 is 2.24 bits per heavy atom. The molecule has 2 rings (SSSR count). The molecule has 0 atom stereocenters. The van der Waals surface area contributed by atoms with Gasteiger partial charge in [0.25, 0.3) is 5.91 Å². The van der Waals surface area contributed by atoms with Crippen molar-refractivity contribution in [3.8, 4) is 5.75 Å². The number of amides is 1. The van der Waals surface area contributed by atoms with Crippen molar-refractivity contribution < 1.29 is 19.4 Å². The maximum absolute atomic E-state index is 12.2. The van der Waals surface area contributed by atoms with Crippen molar-refractivity contribution in [1.82, 2.24) is 4.98 Å². The number of nitrogens with one attached hydrogen (secondary N) is 1. The number of carboxylic acid groups (broad SMARTS) is 1. The van der Waals surface area contributed by atoms with E-state index < -0.39 is 5.97 Å². The van der Waals surface area contributed by atoms with Gasteiger partial charge in [-0.2, -0.15) is 0 Å². The number of methoxy groups -OCH3 is 1. The molecule has 0 aliphatic rings. The standard InChI is InChI=1S/C13H11BrN2O4S/c1-20-8-2-3-10(14)9(5-8)12(19)16-13-15-7(6-21-13)4-11(17)18/h2-3,5-6H,4H2,1H3,(H,17,18)(H,15,16,19). The molecular formula is C13H11BrN2O4S. The summed E-state index contributed by atoms with van der Waals surface area (Å²) < 4.78 is 5.71. The molecule has 0 saturated carbocycles. The summed E-state index contributed by atoms with van der Waals surface area (Å²) >= 11 is 4.48. The van der Waals surface area contributed by atoms with E-state index in [0.717, 1.165) is 0 Å². The first-order valence-electron chi connectivity index (χ1n) is 5.80. The van der Waals surface area contributed by atoms with Gasteiger partial charge < -0.3 is 9.84 Å². The largest absolute Gasteiger partial charge is 0.497 e. The number of ether oxygens (including phenoxy) is 1. The maximum Gasteiger partial charge on any atom is 0.309 e. The number of anilines is 1. The first-order valence-corrected chi connectivity index (χ1v) is 7.48. The summed E-state index contributed by atoms with van der Waals surface area (Å²) in [6.07, 6.45) is -0.171. The van der Waals surface area contributed by atoms with Crippen LogP contribution in [0.25, 0.3) is 0 Å². The summed E-state index contributed by atoms with van der Waals surface area (Å²) in [4.78, 5) is 26.8. The molecule has 0 radical (unpaired) electrons. The number of rotatable bonds is 5. The van der Waals surface area contributed by atoms with E-state index in [1.54, 1.807) is 23.6 Å². The zero-order valence-corrected chi connectivity index (χ0v) is 13.3. The highest BCUT2D eigenvalue weighted by Crippen LogP contribution is 2.24. The van der Waals surface area contributed by atoms with E-state index in [2.05, 4.69) is 26.2 Å². The Balaban J connectivity index is 2.14. The van der Waals surface area contributed by atoms with Crippen LogP contribution in [-0.4, -0.2) is 29.1 Å². The minimum Gasteiger partial charge on any atom is -0.497 e. The maximum atomic E-state index is 12.2. The Kier molecular flexibility index (Phi) is 4.92. The van der Waals surface area contributed by atoms with E-state index >= 15 is 0 Å². The topological polar surface area (TPSA) is 88.5 Å². The Labute approximate surface area is 132 Å². The van der Waals surface area contributed by atoms with Crippen molar-refractivity contribution in [3.05, 3.63) is 39.3 Å². The van der Waals surface area contributed by atoms with Gasteiger partial charge in [0.2, 0.25) is 0 Å². The minimum absolute atomic E-state index is 0.171. The number of hydrogen-bond acceptors (Lipinski definition) is 5. The van der Waals surface area contributed by atoms with Gasteiger partial charge in [-0.05, 0) is 34.1 Å². The summed E-state index contributed by atoms with van der Waals surface area (Å²) in [6.45, 7) is 0. The number of carboxylic acids is 1. The highest BCUT2D eigenvalue weighted by Gasteiger charge is 2.14. The quantitative estimate of drug-likeness (QED) is 0.844. The number of halogens is 1. The van der Waals surface area contributed by atoms with Gasteiger partial charge in [0, 0.05) is 9.85 Å². The number of hydrogen-bond donors (Lipinski definition) is 2. The molecule has 0 bridgehead atoms. The van der Waals surface area contributed by atoms with Gasteiger partial charge in [0.15, 0.2) is 5.13 Å². The highest BCUT2D eigenvalue weighted by molar-refractivity contribution is 9.10. The van der Waals surface area contributed by atoms with E-state index in [0.29, 0.717) is 26.6 Å². The predicted molar refractivity (Wildman–Crippen MR) is 82.1 cm³/mol. The van der Waals surface area contributed by atoms with Gasteiger partial charge in [0.05, 0.1) is 24.8 Å². The zero-order valence-electron chi connectivity index (χ0n) is 10.9. The predicted octanol–water partition coefficient (Wildman–Crippen LogP) is 2.79. The molecule has 1 heterocycles. The van der Waals surface area contributed by atoms with Crippen molar-refractivity contribution >= 4 is 44.3 Å². The molecule has 0 fully saturated rings. The average Bonchev–Trinajstić information content (AvgIpc) is 2.85. The number of nitrogens with zero attached hydrogens (tertiary/aromatic N) is 1. The molecule has 0 unspecified atom stereocenters. The van der Waals surface area contributed by atoms with Crippen LogP contribution >= 0.6 is 27.3 Å². The molecule has 2 aromatic rings. The molecule has 6 nitrogen and oxygen atoms in total. The lowest BCUT2D eigenvalue weighted by atomic mass is 10.2. The smallest absolute Gasteiger partial charge is 0.309 e. The molecule has 0 saturated heterocycles. The number of benzene rings is 1. The highest BCUT2D eigenvalue weighted by atomic mass is 79.9. The van der Waals surface area contributed by atoms with Crippen LogP contribution in [0.15, 0.2) is 28.1 Å². The van der Waals surface area contributed by atoms with Crippen LogP contribution in [0.4, 0.5) is 5.13 Å². The van der Waals surface area contributed by atoms with E-state index in [-0.39, 0.29) is 12.3 Å². The van der Waals surface area contributed by atoms with Crippen molar-refractivity contribution in [2.75, 3.05) is 12.4 Å². The van der Waals surface area contributed by atoms with Crippen LogP contribution in [0.1, 0.15) is 16.1 Å². The minimum atomic E-state index is -0.964. The van der Waals surface area contributed by atoms with Crippen LogP contribution in [0.3, 0.4) is 0 Å². The Morgan fingerprint density at radius 1 is 1.48 bits per heavy atom. The second-order valence-electron chi connectivity index (χ2n) is 4.01. The molecule has 0 spiro atoms. The van der Waals surface area contributed by atoms with Gasteiger partial charge in [-0.1, -0.05) is 0 Å². The molecule has 21 heavy (non-hydrogen) atoms. The average molecular weight is 371 g/mol. The van der Waals surface area contributed by atoms with Gasteiger partial charge in [-0.3, -0.25) is 14.9 Å². The van der Waals surface area contributed by atoms with Crippen molar-refractivity contribution in [1.29, 1.82) is 0 Å². The van der Waals surface area contributed by atoms with Gasteiger partial charge in [0.1, 0.15) is 5.75 Å². The van der Waals surface area contributed by atoms with Crippen LogP contribution in [-0.2, 0) is 11.2 Å². The number of aromatic nitrogens is 1. The number of thiazole rings is 1. The Bertz CT molecular complexity index is 687. The third kappa shape index (κ3) is 4.02. The zero-order chi connectivity index (χ0) is 15.4. The summed E-state index contributed by atoms with van der Waals surface area (Å²) in [5.74, 6) is -0.750. The molecule has 110 valence electrons. The van der Waals surface area contributed by atoms with Crippen molar-refractivity contribution in [2.45, 2.75) is 6.42 Å². The summed E-state index contributed by atoms with van der Waals surface area (Å²) in [5.41, 5.74) is 0.817. The first kappa shape index (κ1) is 15.5. The third-order valence-electron chi connectivity index (χ3n) is 2.52. The number of carbonyl (C=O) groups is 2. The summed E-state index contributed by atoms with van der Waals surface area (Å²) in [5, 5.41) is 13.3. The van der Waals surface area contributed by atoms with E-state index in [1.807, 2.05) is 0 Å². The lowest BCUT2D eigenvalue weighted by molar-refractivity contribution is -0.136. The molecular weight excluding hydrogens is 360 g/mol. The van der Waals surface area contributed by atoms with Gasteiger partial charge in [-0.25, -0.2) is 4.98 Å². The second kappa shape index (κ2) is 6.68. The van der Waals surface area contributed by atoms with Crippen molar-refractivity contribution in [2.24, 2.45) is 0 Å². The monoisotopic (exact) mass is 370 g/mol. The fourth-order valence-corrected chi connectivity index (χ4v) is 2.70. The summed E-state index contributed by atoms with van der Waals surface area (Å²) in [6, 6.07) is 5.05. The molecule has 1 aromatic carbocycles.